The maximum atomic E-state index is 12.3. The minimum atomic E-state index is -0.124. The highest BCUT2D eigenvalue weighted by atomic mass is 16.1. The van der Waals surface area contributed by atoms with Crippen molar-refractivity contribution in [2.75, 3.05) is 5.32 Å². The van der Waals surface area contributed by atoms with Crippen molar-refractivity contribution in [1.29, 1.82) is 0 Å². The van der Waals surface area contributed by atoms with E-state index in [1.807, 2.05) is 63.2 Å². The minimum absolute atomic E-state index is 0.0857. The summed E-state index contributed by atoms with van der Waals surface area (Å²) in [6.45, 7) is 5.92. The summed E-state index contributed by atoms with van der Waals surface area (Å²) in [5.41, 5.74) is 5.36. The lowest BCUT2D eigenvalue weighted by Gasteiger charge is -2.10. The summed E-state index contributed by atoms with van der Waals surface area (Å²) in [5.74, 6) is -0.0857. The van der Waals surface area contributed by atoms with Crippen molar-refractivity contribution in [3.05, 3.63) is 75.1 Å². The van der Waals surface area contributed by atoms with Gasteiger partial charge in [-0.3, -0.25) is 9.59 Å². The first kappa shape index (κ1) is 17.0. The number of anilines is 1. The molecule has 1 heterocycles. The Labute approximate surface area is 146 Å². The third-order valence-electron chi connectivity index (χ3n) is 4.45. The molecule has 3 rings (SSSR count). The van der Waals surface area contributed by atoms with Crippen LogP contribution in [0.15, 0.2) is 47.3 Å². The monoisotopic (exact) mass is 334 g/mol. The van der Waals surface area contributed by atoms with E-state index >= 15 is 0 Å². The van der Waals surface area contributed by atoms with E-state index in [4.69, 9.17) is 0 Å². The van der Waals surface area contributed by atoms with Crippen LogP contribution in [0, 0.1) is 20.8 Å². The summed E-state index contributed by atoms with van der Waals surface area (Å²) in [5, 5.41) is 3.93. The number of hydrogen-bond acceptors (Lipinski definition) is 2. The molecule has 4 heteroatoms. The third kappa shape index (κ3) is 3.79. The predicted octanol–water partition coefficient (Wildman–Crippen LogP) is 4.02. The number of para-hydroxylation sites is 1. The third-order valence-corrected chi connectivity index (χ3v) is 4.45. The van der Waals surface area contributed by atoms with Gasteiger partial charge in [-0.05, 0) is 61.4 Å². The molecule has 0 bridgehead atoms. The van der Waals surface area contributed by atoms with Crippen LogP contribution in [0.2, 0.25) is 0 Å². The smallest absolute Gasteiger partial charge is 0.251 e. The standard InChI is InChI=1S/C21H22N2O2/c1-13-7-8-14(2)18(11-13)22-19(24)10-9-17-12-16-6-4-5-15(3)20(16)23-21(17)25/h4-8,11-12H,9-10H2,1-3H3,(H,22,24)(H,23,25). The predicted molar refractivity (Wildman–Crippen MR) is 102 cm³/mol. The molecule has 128 valence electrons. The molecule has 2 N–H and O–H groups in total. The number of carbonyl (C=O) groups excluding carboxylic acids is 1. The fraction of sp³-hybridized carbons (Fsp3) is 0.238. The van der Waals surface area contributed by atoms with Crippen molar-refractivity contribution in [2.24, 2.45) is 0 Å². The number of pyridine rings is 1. The second kappa shape index (κ2) is 6.93. The van der Waals surface area contributed by atoms with Crippen LogP contribution in [0.3, 0.4) is 0 Å². The first-order valence-corrected chi connectivity index (χ1v) is 8.42. The number of rotatable bonds is 4. The van der Waals surface area contributed by atoms with E-state index in [0.29, 0.717) is 12.0 Å². The Morgan fingerprint density at radius 1 is 1.04 bits per heavy atom. The molecule has 0 saturated carbocycles. The number of H-pyrrole nitrogens is 1. The lowest BCUT2D eigenvalue weighted by molar-refractivity contribution is -0.116. The van der Waals surface area contributed by atoms with E-state index in [1.165, 1.54) is 0 Å². The average Bonchev–Trinajstić information content (AvgIpc) is 2.57. The van der Waals surface area contributed by atoms with E-state index in [2.05, 4.69) is 10.3 Å². The number of nitrogens with one attached hydrogen (secondary N) is 2. The van der Waals surface area contributed by atoms with E-state index in [-0.39, 0.29) is 17.9 Å². The quantitative estimate of drug-likeness (QED) is 0.757. The summed E-state index contributed by atoms with van der Waals surface area (Å²) in [7, 11) is 0. The van der Waals surface area contributed by atoms with Gasteiger partial charge in [0.2, 0.25) is 5.91 Å². The molecule has 4 nitrogen and oxygen atoms in total. The van der Waals surface area contributed by atoms with Gasteiger partial charge in [0.15, 0.2) is 0 Å². The molecule has 0 aliphatic carbocycles. The summed E-state index contributed by atoms with van der Waals surface area (Å²) in [6.07, 6.45) is 0.684. The van der Waals surface area contributed by atoms with Crippen LogP contribution in [-0.4, -0.2) is 10.9 Å². The molecule has 25 heavy (non-hydrogen) atoms. The zero-order valence-electron chi connectivity index (χ0n) is 14.8. The lowest BCUT2D eigenvalue weighted by atomic mass is 10.1. The SMILES string of the molecule is Cc1ccc(C)c(NC(=O)CCc2cc3cccc(C)c3[nH]c2=O)c1. The van der Waals surface area contributed by atoms with Crippen LogP contribution in [0.5, 0.6) is 0 Å². The highest BCUT2D eigenvalue weighted by Crippen LogP contribution is 2.18. The normalized spacial score (nSPS) is 10.8. The van der Waals surface area contributed by atoms with Crippen LogP contribution < -0.4 is 10.9 Å². The molecule has 0 fully saturated rings. The second-order valence-electron chi connectivity index (χ2n) is 6.53. The molecule has 3 aromatic rings. The zero-order chi connectivity index (χ0) is 18.0. The zero-order valence-corrected chi connectivity index (χ0v) is 14.8. The van der Waals surface area contributed by atoms with Gasteiger partial charge >= 0.3 is 0 Å². The molecule has 0 unspecified atom stereocenters. The van der Waals surface area contributed by atoms with Crippen molar-refractivity contribution in [1.82, 2.24) is 4.98 Å². The van der Waals surface area contributed by atoms with Crippen LogP contribution in [0.25, 0.3) is 10.9 Å². The number of hydrogen-bond donors (Lipinski definition) is 2. The topological polar surface area (TPSA) is 62.0 Å². The molecule has 0 atom stereocenters. The van der Waals surface area contributed by atoms with E-state index < -0.39 is 0 Å². The van der Waals surface area contributed by atoms with Crippen LogP contribution in [-0.2, 0) is 11.2 Å². The Morgan fingerprint density at radius 2 is 1.84 bits per heavy atom. The van der Waals surface area contributed by atoms with E-state index in [9.17, 15) is 9.59 Å². The van der Waals surface area contributed by atoms with Gasteiger partial charge in [-0.2, -0.15) is 0 Å². The summed E-state index contributed by atoms with van der Waals surface area (Å²) < 4.78 is 0. The number of aryl methyl sites for hydroxylation is 4. The van der Waals surface area contributed by atoms with Crippen molar-refractivity contribution in [3.8, 4) is 0 Å². The molecule has 0 saturated heterocycles. The Hall–Kier alpha value is -2.88. The van der Waals surface area contributed by atoms with Crippen molar-refractivity contribution in [2.45, 2.75) is 33.6 Å². The molecular formula is C21H22N2O2. The van der Waals surface area contributed by atoms with Gasteiger partial charge in [-0.1, -0.05) is 30.3 Å². The second-order valence-corrected chi connectivity index (χ2v) is 6.53. The van der Waals surface area contributed by atoms with Gasteiger partial charge in [0.1, 0.15) is 0 Å². The molecule has 0 radical (unpaired) electrons. The Kier molecular flexibility index (Phi) is 4.70. The van der Waals surface area contributed by atoms with Crippen molar-refractivity contribution in [3.63, 3.8) is 0 Å². The highest BCUT2D eigenvalue weighted by molar-refractivity contribution is 5.91. The average molecular weight is 334 g/mol. The number of carbonyl (C=O) groups is 1. The van der Waals surface area contributed by atoms with Gasteiger partial charge in [-0.25, -0.2) is 0 Å². The first-order valence-electron chi connectivity index (χ1n) is 8.42. The van der Waals surface area contributed by atoms with Gasteiger partial charge < -0.3 is 10.3 Å². The molecule has 1 aromatic heterocycles. The number of aromatic amines is 1. The Balaban J connectivity index is 1.74. The van der Waals surface area contributed by atoms with Gasteiger partial charge in [0.25, 0.3) is 5.56 Å². The van der Waals surface area contributed by atoms with Crippen LogP contribution >= 0.6 is 0 Å². The minimum Gasteiger partial charge on any atom is -0.326 e. The fourth-order valence-electron chi connectivity index (χ4n) is 2.95. The maximum absolute atomic E-state index is 12.3. The maximum Gasteiger partial charge on any atom is 0.251 e. The summed E-state index contributed by atoms with van der Waals surface area (Å²) in [6, 6.07) is 13.7. The Bertz CT molecular complexity index is 1000. The van der Waals surface area contributed by atoms with Crippen LogP contribution in [0.4, 0.5) is 5.69 Å². The molecular weight excluding hydrogens is 312 g/mol. The molecule has 1 amide bonds. The Morgan fingerprint density at radius 3 is 2.64 bits per heavy atom. The number of fused-ring (bicyclic) bond motifs is 1. The van der Waals surface area contributed by atoms with Gasteiger partial charge in [0, 0.05) is 17.7 Å². The number of amides is 1. The molecule has 0 spiro atoms. The van der Waals surface area contributed by atoms with Gasteiger partial charge in [-0.15, -0.1) is 0 Å². The van der Waals surface area contributed by atoms with E-state index in [0.717, 1.165) is 33.3 Å². The van der Waals surface area contributed by atoms with E-state index in [1.54, 1.807) is 0 Å². The highest BCUT2D eigenvalue weighted by Gasteiger charge is 2.09. The largest absolute Gasteiger partial charge is 0.326 e. The van der Waals surface area contributed by atoms with Crippen LogP contribution in [0.1, 0.15) is 28.7 Å². The first-order chi connectivity index (χ1) is 11.9. The number of benzene rings is 2. The van der Waals surface area contributed by atoms with Gasteiger partial charge in [0.05, 0.1) is 5.52 Å². The van der Waals surface area contributed by atoms with Crippen molar-refractivity contribution < 1.29 is 4.79 Å². The fourth-order valence-corrected chi connectivity index (χ4v) is 2.95. The van der Waals surface area contributed by atoms with Crippen molar-refractivity contribution >= 4 is 22.5 Å². The molecule has 0 aliphatic rings. The number of aromatic nitrogens is 1. The summed E-state index contributed by atoms with van der Waals surface area (Å²) >= 11 is 0. The molecule has 0 aliphatic heterocycles. The lowest BCUT2D eigenvalue weighted by Crippen LogP contribution is -2.17. The molecule has 2 aromatic carbocycles. The summed E-state index contributed by atoms with van der Waals surface area (Å²) in [4.78, 5) is 27.5.